The summed E-state index contributed by atoms with van der Waals surface area (Å²) in [4.78, 5) is 24.9. The number of hydrogen-bond acceptors (Lipinski definition) is 3. The van der Waals surface area contributed by atoms with Gasteiger partial charge in [0.05, 0.1) is 5.41 Å². The summed E-state index contributed by atoms with van der Waals surface area (Å²) in [6, 6.07) is 5.39. The number of amides is 1. The van der Waals surface area contributed by atoms with E-state index in [0.717, 1.165) is 0 Å². The Kier molecular flexibility index (Phi) is 4.45. The molecule has 1 aliphatic rings. The van der Waals surface area contributed by atoms with E-state index in [-0.39, 0.29) is 24.9 Å². The monoisotopic (exact) mass is 295 g/mol. The molecule has 1 amide bonds. The SMILES string of the molecule is CCC1(C(=O)O)CCN(C(=O)COc2ccc(F)cc2)C1. The van der Waals surface area contributed by atoms with E-state index in [1.807, 2.05) is 6.92 Å². The molecule has 5 nitrogen and oxygen atoms in total. The van der Waals surface area contributed by atoms with Crippen LogP contribution in [-0.4, -0.2) is 41.6 Å². The lowest BCUT2D eigenvalue weighted by atomic mass is 9.84. The number of halogens is 1. The Morgan fingerprint density at radius 3 is 2.57 bits per heavy atom. The van der Waals surface area contributed by atoms with E-state index in [9.17, 15) is 19.1 Å². The molecule has 0 aromatic heterocycles. The highest BCUT2D eigenvalue weighted by molar-refractivity contribution is 5.81. The first-order chi connectivity index (χ1) is 9.97. The summed E-state index contributed by atoms with van der Waals surface area (Å²) in [5, 5.41) is 9.29. The van der Waals surface area contributed by atoms with Crippen molar-refractivity contribution in [2.45, 2.75) is 19.8 Å². The number of hydrogen-bond donors (Lipinski definition) is 1. The number of benzene rings is 1. The minimum atomic E-state index is -0.861. The molecule has 21 heavy (non-hydrogen) atoms. The van der Waals surface area contributed by atoms with Crippen LogP contribution in [0, 0.1) is 11.2 Å². The van der Waals surface area contributed by atoms with Gasteiger partial charge in [-0.1, -0.05) is 6.92 Å². The van der Waals surface area contributed by atoms with Gasteiger partial charge in [0.1, 0.15) is 11.6 Å². The fourth-order valence-electron chi connectivity index (χ4n) is 2.47. The predicted molar refractivity (Wildman–Crippen MR) is 73.5 cm³/mol. The lowest BCUT2D eigenvalue weighted by molar-refractivity contribution is -0.148. The summed E-state index contributed by atoms with van der Waals surface area (Å²) in [6.07, 6.45) is 0.950. The van der Waals surface area contributed by atoms with Crippen molar-refractivity contribution in [2.24, 2.45) is 5.41 Å². The highest BCUT2D eigenvalue weighted by Crippen LogP contribution is 2.34. The van der Waals surface area contributed by atoms with Gasteiger partial charge in [-0.25, -0.2) is 4.39 Å². The quantitative estimate of drug-likeness (QED) is 0.901. The van der Waals surface area contributed by atoms with Crippen LogP contribution < -0.4 is 4.74 Å². The van der Waals surface area contributed by atoms with Crippen LogP contribution in [0.4, 0.5) is 4.39 Å². The standard InChI is InChI=1S/C15H18FNO4/c1-2-15(14(19)20)7-8-17(10-15)13(18)9-21-12-5-3-11(16)4-6-12/h3-6H,2,7-10H2,1H3,(H,19,20). The molecule has 1 atom stereocenters. The fraction of sp³-hybridized carbons (Fsp3) is 0.467. The van der Waals surface area contributed by atoms with Gasteiger partial charge in [-0.3, -0.25) is 9.59 Å². The third-order valence-corrected chi connectivity index (χ3v) is 4.01. The Balaban J connectivity index is 1.90. The molecular formula is C15H18FNO4. The molecule has 1 aromatic rings. The number of carbonyl (C=O) groups excluding carboxylic acids is 1. The molecule has 1 unspecified atom stereocenters. The van der Waals surface area contributed by atoms with E-state index in [1.54, 1.807) is 0 Å². The number of carbonyl (C=O) groups is 2. The second-order valence-electron chi connectivity index (χ2n) is 5.25. The lowest BCUT2D eigenvalue weighted by Crippen LogP contribution is -2.38. The first-order valence-corrected chi connectivity index (χ1v) is 6.86. The largest absolute Gasteiger partial charge is 0.484 e. The van der Waals surface area contributed by atoms with Gasteiger partial charge in [0.25, 0.3) is 5.91 Å². The Hall–Kier alpha value is -2.11. The molecule has 0 spiro atoms. The zero-order valence-electron chi connectivity index (χ0n) is 11.8. The number of aliphatic carboxylic acids is 1. The van der Waals surface area contributed by atoms with Crippen LogP contribution in [0.1, 0.15) is 19.8 Å². The summed E-state index contributed by atoms with van der Waals surface area (Å²) in [6.45, 7) is 2.28. The first kappa shape index (κ1) is 15.3. The van der Waals surface area contributed by atoms with E-state index >= 15 is 0 Å². The summed E-state index contributed by atoms with van der Waals surface area (Å²) in [7, 11) is 0. The second kappa shape index (κ2) is 6.11. The number of carboxylic acid groups (broad SMARTS) is 1. The van der Waals surface area contributed by atoms with Crippen LogP contribution >= 0.6 is 0 Å². The van der Waals surface area contributed by atoms with Crippen molar-refractivity contribution in [1.82, 2.24) is 4.90 Å². The number of carboxylic acids is 1. The van der Waals surface area contributed by atoms with Crippen molar-refractivity contribution < 1.29 is 23.8 Å². The minimum Gasteiger partial charge on any atom is -0.484 e. The smallest absolute Gasteiger partial charge is 0.311 e. The average molecular weight is 295 g/mol. The molecular weight excluding hydrogens is 277 g/mol. The van der Waals surface area contributed by atoms with Crippen LogP contribution in [0.2, 0.25) is 0 Å². The maximum absolute atomic E-state index is 12.7. The summed E-state index contributed by atoms with van der Waals surface area (Å²) in [5.74, 6) is -1.08. The van der Waals surface area contributed by atoms with E-state index in [0.29, 0.717) is 25.1 Å². The lowest BCUT2D eigenvalue weighted by Gasteiger charge is -2.23. The molecule has 1 saturated heterocycles. The molecule has 1 N–H and O–H groups in total. The number of likely N-dealkylation sites (tertiary alicyclic amines) is 1. The van der Waals surface area contributed by atoms with Gasteiger partial charge in [0.2, 0.25) is 0 Å². The third-order valence-electron chi connectivity index (χ3n) is 4.01. The Labute approximate surface area is 122 Å². The van der Waals surface area contributed by atoms with Crippen molar-refractivity contribution in [3.63, 3.8) is 0 Å². The Bertz CT molecular complexity index is 531. The van der Waals surface area contributed by atoms with E-state index in [1.165, 1.54) is 29.2 Å². The number of rotatable bonds is 5. The van der Waals surface area contributed by atoms with Crippen molar-refractivity contribution >= 4 is 11.9 Å². The van der Waals surface area contributed by atoms with Gasteiger partial charge in [-0.15, -0.1) is 0 Å². The molecule has 1 aliphatic heterocycles. The highest BCUT2D eigenvalue weighted by Gasteiger charge is 2.44. The van der Waals surface area contributed by atoms with Crippen LogP contribution in [0.15, 0.2) is 24.3 Å². The van der Waals surface area contributed by atoms with Gasteiger partial charge in [-0.05, 0) is 37.1 Å². The van der Waals surface area contributed by atoms with Crippen LogP contribution in [0.5, 0.6) is 5.75 Å². The van der Waals surface area contributed by atoms with Crippen molar-refractivity contribution in [3.8, 4) is 5.75 Å². The molecule has 0 radical (unpaired) electrons. The fourth-order valence-corrected chi connectivity index (χ4v) is 2.47. The highest BCUT2D eigenvalue weighted by atomic mass is 19.1. The van der Waals surface area contributed by atoms with Crippen LogP contribution in [0.25, 0.3) is 0 Å². The number of nitrogens with zero attached hydrogens (tertiary/aromatic N) is 1. The molecule has 6 heteroatoms. The molecule has 0 saturated carbocycles. The zero-order chi connectivity index (χ0) is 15.5. The van der Waals surface area contributed by atoms with E-state index in [2.05, 4.69) is 0 Å². The summed E-state index contributed by atoms with van der Waals surface area (Å²) >= 11 is 0. The average Bonchev–Trinajstić information content (AvgIpc) is 2.92. The van der Waals surface area contributed by atoms with Crippen molar-refractivity contribution in [2.75, 3.05) is 19.7 Å². The van der Waals surface area contributed by atoms with Crippen LogP contribution in [-0.2, 0) is 9.59 Å². The Morgan fingerprint density at radius 1 is 1.38 bits per heavy atom. The maximum atomic E-state index is 12.7. The van der Waals surface area contributed by atoms with Crippen molar-refractivity contribution in [3.05, 3.63) is 30.1 Å². The summed E-state index contributed by atoms with van der Waals surface area (Å²) in [5.41, 5.74) is -0.842. The minimum absolute atomic E-state index is 0.176. The zero-order valence-corrected chi connectivity index (χ0v) is 11.8. The first-order valence-electron chi connectivity index (χ1n) is 6.86. The third kappa shape index (κ3) is 3.32. The maximum Gasteiger partial charge on any atom is 0.311 e. The van der Waals surface area contributed by atoms with Gasteiger partial charge >= 0.3 is 5.97 Å². The summed E-state index contributed by atoms with van der Waals surface area (Å²) < 4.78 is 18.0. The topological polar surface area (TPSA) is 66.8 Å². The van der Waals surface area contributed by atoms with E-state index < -0.39 is 11.4 Å². The van der Waals surface area contributed by atoms with Gasteiger partial charge < -0.3 is 14.7 Å². The molecule has 2 rings (SSSR count). The molecule has 0 aliphatic carbocycles. The Morgan fingerprint density at radius 2 is 2.05 bits per heavy atom. The molecule has 1 heterocycles. The molecule has 1 fully saturated rings. The molecule has 0 bridgehead atoms. The normalized spacial score (nSPS) is 21.3. The molecule has 1 aromatic carbocycles. The van der Waals surface area contributed by atoms with Gasteiger partial charge in [-0.2, -0.15) is 0 Å². The predicted octanol–water partition coefficient (Wildman–Crippen LogP) is 1.92. The van der Waals surface area contributed by atoms with Crippen molar-refractivity contribution in [1.29, 1.82) is 0 Å². The van der Waals surface area contributed by atoms with Crippen LogP contribution in [0.3, 0.4) is 0 Å². The number of ether oxygens (including phenoxy) is 1. The van der Waals surface area contributed by atoms with E-state index in [4.69, 9.17) is 4.74 Å². The van der Waals surface area contributed by atoms with Gasteiger partial charge in [0.15, 0.2) is 6.61 Å². The second-order valence-corrected chi connectivity index (χ2v) is 5.25. The molecule has 114 valence electrons. The van der Waals surface area contributed by atoms with Gasteiger partial charge in [0, 0.05) is 13.1 Å².